The molecule has 26 heavy (non-hydrogen) atoms. The highest BCUT2D eigenvalue weighted by molar-refractivity contribution is 5.94. The van der Waals surface area contributed by atoms with E-state index in [1.54, 1.807) is 18.3 Å². The summed E-state index contributed by atoms with van der Waals surface area (Å²) >= 11 is 0. The molecule has 2 aromatic carbocycles. The number of carbonyl (C=O) groups is 2. The fourth-order valence-corrected chi connectivity index (χ4v) is 2.72. The third kappa shape index (κ3) is 3.97. The average molecular weight is 352 g/mol. The Morgan fingerprint density at radius 2 is 1.88 bits per heavy atom. The second kappa shape index (κ2) is 7.65. The Bertz CT molecular complexity index is 978. The normalized spacial score (nSPS) is 12.3. The summed E-state index contributed by atoms with van der Waals surface area (Å²) in [4.78, 5) is 26.6. The molecule has 3 aromatic rings. The first-order valence-electron chi connectivity index (χ1n) is 8.05. The van der Waals surface area contributed by atoms with Crippen LogP contribution >= 0.6 is 0 Å². The Morgan fingerprint density at radius 1 is 1.15 bits per heavy atom. The monoisotopic (exact) mass is 352 g/mol. The molecule has 0 saturated heterocycles. The fraction of sp³-hybridized carbons (Fsp3) is 0.100. The first-order chi connectivity index (χ1) is 12.5. The van der Waals surface area contributed by atoms with Crippen molar-refractivity contribution in [1.82, 2.24) is 10.3 Å². The summed E-state index contributed by atoms with van der Waals surface area (Å²) in [5.74, 6) is -2.19. The molecule has 5 nitrogen and oxygen atoms in total. The van der Waals surface area contributed by atoms with Gasteiger partial charge < -0.3 is 15.4 Å². The second-order valence-electron chi connectivity index (χ2n) is 5.82. The molecule has 0 aliphatic heterocycles. The number of halogens is 1. The van der Waals surface area contributed by atoms with E-state index in [1.165, 1.54) is 18.2 Å². The third-order valence-electron chi connectivity index (χ3n) is 4.03. The van der Waals surface area contributed by atoms with Crippen LogP contribution in [0.5, 0.6) is 0 Å². The van der Waals surface area contributed by atoms with Crippen LogP contribution in [-0.4, -0.2) is 28.0 Å². The Morgan fingerprint density at radius 3 is 2.65 bits per heavy atom. The summed E-state index contributed by atoms with van der Waals surface area (Å²) in [6.45, 7) is 0. The lowest BCUT2D eigenvalue weighted by atomic mass is 10.0. The van der Waals surface area contributed by atoms with E-state index in [-0.39, 0.29) is 12.0 Å². The lowest BCUT2D eigenvalue weighted by Gasteiger charge is -2.12. The van der Waals surface area contributed by atoms with Crippen molar-refractivity contribution in [2.24, 2.45) is 0 Å². The summed E-state index contributed by atoms with van der Waals surface area (Å²) in [6.07, 6.45) is 4.32. The van der Waals surface area contributed by atoms with E-state index in [1.807, 2.05) is 24.3 Å². The van der Waals surface area contributed by atoms with Gasteiger partial charge >= 0.3 is 5.97 Å². The van der Waals surface area contributed by atoms with Crippen LogP contribution in [0.15, 0.2) is 60.8 Å². The number of carboxylic acid groups (broad SMARTS) is 1. The lowest BCUT2D eigenvalue weighted by molar-refractivity contribution is -0.141. The predicted molar refractivity (Wildman–Crippen MR) is 97.0 cm³/mol. The van der Waals surface area contributed by atoms with Crippen molar-refractivity contribution in [1.29, 1.82) is 0 Å². The highest BCUT2D eigenvalue weighted by Gasteiger charge is 2.21. The highest BCUT2D eigenvalue weighted by atomic mass is 19.1. The number of hydrogen-bond donors (Lipinski definition) is 3. The number of aliphatic carboxylic acids is 1. The van der Waals surface area contributed by atoms with E-state index in [0.29, 0.717) is 0 Å². The zero-order valence-corrected chi connectivity index (χ0v) is 13.8. The number of para-hydroxylation sites is 1. The van der Waals surface area contributed by atoms with Crippen molar-refractivity contribution >= 4 is 28.9 Å². The topological polar surface area (TPSA) is 82.2 Å². The quantitative estimate of drug-likeness (QED) is 0.596. The largest absolute Gasteiger partial charge is 0.480 e. The van der Waals surface area contributed by atoms with Crippen LogP contribution in [0, 0.1) is 5.82 Å². The van der Waals surface area contributed by atoms with Gasteiger partial charge in [-0.25, -0.2) is 9.18 Å². The van der Waals surface area contributed by atoms with Gasteiger partial charge in [0.2, 0.25) is 5.91 Å². The SMILES string of the molecule is O=C(C=Cc1ccccc1F)N[C@@H](Cc1c[nH]c2ccccc12)C(=O)O. The minimum atomic E-state index is -1.14. The molecule has 0 unspecified atom stereocenters. The van der Waals surface area contributed by atoms with Crippen molar-refractivity contribution < 1.29 is 19.1 Å². The van der Waals surface area contributed by atoms with Gasteiger partial charge in [-0.1, -0.05) is 36.4 Å². The standard InChI is InChI=1S/C20H17FN2O3/c21-16-7-3-1-5-13(16)9-10-19(24)23-18(20(25)26)11-14-12-22-17-8-4-2-6-15(14)17/h1-10,12,18,22H,11H2,(H,23,24)(H,25,26)/t18-/m0/s1. The Labute approximate surface area is 149 Å². The van der Waals surface area contributed by atoms with Gasteiger partial charge in [0, 0.05) is 35.2 Å². The van der Waals surface area contributed by atoms with E-state index < -0.39 is 23.7 Å². The highest BCUT2D eigenvalue weighted by Crippen LogP contribution is 2.19. The molecule has 0 radical (unpaired) electrons. The maximum absolute atomic E-state index is 13.6. The summed E-state index contributed by atoms with van der Waals surface area (Å²) in [5, 5.41) is 12.8. The fourth-order valence-electron chi connectivity index (χ4n) is 2.72. The number of aromatic amines is 1. The van der Waals surface area contributed by atoms with Crippen molar-refractivity contribution in [2.75, 3.05) is 0 Å². The number of nitrogens with one attached hydrogen (secondary N) is 2. The van der Waals surface area contributed by atoms with Crippen LogP contribution in [-0.2, 0) is 16.0 Å². The lowest BCUT2D eigenvalue weighted by Crippen LogP contribution is -2.41. The summed E-state index contributed by atoms with van der Waals surface area (Å²) in [6, 6.07) is 12.5. The third-order valence-corrected chi connectivity index (χ3v) is 4.03. The van der Waals surface area contributed by atoms with Gasteiger partial charge in [0.05, 0.1) is 0 Å². The maximum atomic E-state index is 13.6. The molecule has 3 N–H and O–H groups in total. The van der Waals surface area contributed by atoms with Crippen LogP contribution in [0.25, 0.3) is 17.0 Å². The molecule has 0 aliphatic rings. The van der Waals surface area contributed by atoms with Crippen molar-refractivity contribution in [3.05, 3.63) is 77.7 Å². The summed E-state index contributed by atoms with van der Waals surface area (Å²) < 4.78 is 13.6. The molecule has 0 saturated carbocycles. The molecular formula is C20H17FN2O3. The van der Waals surface area contributed by atoms with E-state index >= 15 is 0 Å². The molecule has 3 rings (SSSR count). The Balaban J connectivity index is 1.71. The number of hydrogen-bond acceptors (Lipinski definition) is 2. The Kier molecular flexibility index (Phi) is 5.12. The number of carboxylic acids is 1. The Hall–Kier alpha value is -3.41. The van der Waals surface area contributed by atoms with Gasteiger partial charge in [-0.2, -0.15) is 0 Å². The van der Waals surface area contributed by atoms with E-state index in [0.717, 1.165) is 22.5 Å². The molecule has 0 aliphatic carbocycles. The molecule has 1 aromatic heterocycles. The van der Waals surface area contributed by atoms with E-state index in [2.05, 4.69) is 10.3 Å². The van der Waals surface area contributed by atoms with Crippen LogP contribution < -0.4 is 5.32 Å². The van der Waals surface area contributed by atoms with Crippen molar-refractivity contribution in [3.63, 3.8) is 0 Å². The number of aromatic nitrogens is 1. The minimum absolute atomic E-state index is 0.138. The van der Waals surface area contributed by atoms with Crippen LogP contribution in [0.1, 0.15) is 11.1 Å². The molecule has 6 heteroatoms. The van der Waals surface area contributed by atoms with Crippen LogP contribution in [0.2, 0.25) is 0 Å². The van der Waals surface area contributed by atoms with Crippen LogP contribution in [0.3, 0.4) is 0 Å². The first-order valence-corrected chi connectivity index (χ1v) is 8.05. The number of carbonyl (C=O) groups excluding carboxylic acids is 1. The molecule has 0 bridgehead atoms. The van der Waals surface area contributed by atoms with Crippen LogP contribution in [0.4, 0.5) is 4.39 Å². The molecule has 1 atom stereocenters. The van der Waals surface area contributed by atoms with Gasteiger partial charge in [0.15, 0.2) is 0 Å². The minimum Gasteiger partial charge on any atom is -0.480 e. The van der Waals surface area contributed by atoms with Gasteiger partial charge in [0.1, 0.15) is 11.9 Å². The number of fused-ring (bicyclic) bond motifs is 1. The second-order valence-corrected chi connectivity index (χ2v) is 5.82. The van der Waals surface area contributed by atoms with Crippen molar-refractivity contribution in [3.8, 4) is 0 Å². The molecular weight excluding hydrogens is 335 g/mol. The number of amides is 1. The van der Waals surface area contributed by atoms with Crippen molar-refractivity contribution in [2.45, 2.75) is 12.5 Å². The summed E-state index contributed by atoms with van der Waals surface area (Å²) in [7, 11) is 0. The molecule has 0 spiro atoms. The molecule has 1 heterocycles. The predicted octanol–water partition coefficient (Wildman–Crippen LogP) is 3.13. The zero-order valence-electron chi connectivity index (χ0n) is 13.8. The number of rotatable bonds is 6. The molecule has 1 amide bonds. The van der Waals surface area contributed by atoms with Gasteiger partial charge in [-0.3, -0.25) is 4.79 Å². The van der Waals surface area contributed by atoms with Gasteiger partial charge in [0.25, 0.3) is 0 Å². The average Bonchev–Trinajstić information content (AvgIpc) is 3.03. The first kappa shape index (κ1) is 17.4. The maximum Gasteiger partial charge on any atom is 0.326 e. The molecule has 132 valence electrons. The number of H-pyrrole nitrogens is 1. The van der Waals surface area contributed by atoms with Gasteiger partial charge in [-0.05, 0) is 23.8 Å². The summed E-state index contributed by atoms with van der Waals surface area (Å²) in [5.41, 5.74) is 1.95. The zero-order chi connectivity index (χ0) is 18.5. The number of benzene rings is 2. The molecule has 0 fully saturated rings. The van der Waals surface area contributed by atoms with E-state index in [9.17, 15) is 19.1 Å². The van der Waals surface area contributed by atoms with E-state index in [4.69, 9.17) is 0 Å². The van der Waals surface area contributed by atoms with Gasteiger partial charge in [-0.15, -0.1) is 0 Å². The smallest absolute Gasteiger partial charge is 0.326 e.